The number of benzene rings is 2. The standard InChI is InChI=1S/C23H25F3N4O2/c24-20-12-16(4-5-17(20)15-29-10-7-23(25,26)8-11-29)14-27-18-2-1-3-19(13-18)30-9-6-21(31)28-22(30)32/h1-5,12-13,27H,6-11,14-15H2,(H,28,31,32). The Balaban J connectivity index is 1.35. The number of likely N-dealkylation sites (tertiary alicyclic amines) is 1. The maximum atomic E-state index is 14.6. The predicted molar refractivity (Wildman–Crippen MR) is 115 cm³/mol. The molecule has 2 aliphatic rings. The third-order valence-electron chi connectivity index (χ3n) is 5.81. The molecule has 0 bridgehead atoms. The molecule has 2 N–H and O–H groups in total. The summed E-state index contributed by atoms with van der Waals surface area (Å²) in [6.45, 7) is 1.53. The molecule has 4 rings (SSSR count). The van der Waals surface area contributed by atoms with Gasteiger partial charge in [0.25, 0.3) is 5.92 Å². The number of imide groups is 1. The molecule has 0 saturated carbocycles. The van der Waals surface area contributed by atoms with Gasteiger partial charge in [-0.3, -0.25) is 19.9 Å². The molecule has 170 valence electrons. The van der Waals surface area contributed by atoms with E-state index in [0.717, 1.165) is 11.3 Å². The van der Waals surface area contributed by atoms with E-state index in [9.17, 15) is 22.8 Å². The molecule has 6 nitrogen and oxygen atoms in total. The number of amides is 3. The molecule has 2 heterocycles. The summed E-state index contributed by atoms with van der Waals surface area (Å²) in [7, 11) is 0. The first-order valence-corrected chi connectivity index (χ1v) is 10.6. The average molecular weight is 446 g/mol. The molecular weight excluding hydrogens is 421 g/mol. The van der Waals surface area contributed by atoms with Crippen molar-refractivity contribution in [1.29, 1.82) is 0 Å². The number of nitrogens with zero attached hydrogens (tertiary/aromatic N) is 2. The zero-order valence-corrected chi connectivity index (χ0v) is 17.5. The number of alkyl halides is 2. The van der Waals surface area contributed by atoms with Crippen LogP contribution < -0.4 is 15.5 Å². The van der Waals surface area contributed by atoms with Crippen LogP contribution >= 0.6 is 0 Å². The number of anilines is 2. The van der Waals surface area contributed by atoms with Crippen LogP contribution in [0, 0.1) is 5.82 Å². The van der Waals surface area contributed by atoms with Gasteiger partial charge in [-0.25, -0.2) is 18.0 Å². The Morgan fingerprint density at radius 2 is 1.81 bits per heavy atom. The monoisotopic (exact) mass is 446 g/mol. The number of hydrogen-bond acceptors (Lipinski definition) is 4. The number of urea groups is 1. The van der Waals surface area contributed by atoms with Gasteiger partial charge in [-0.05, 0) is 29.8 Å². The number of carbonyl (C=O) groups is 2. The molecule has 9 heteroatoms. The van der Waals surface area contributed by atoms with Crippen molar-refractivity contribution in [1.82, 2.24) is 10.2 Å². The molecule has 32 heavy (non-hydrogen) atoms. The SMILES string of the molecule is O=C1CCN(c2cccc(NCc3ccc(CN4CCC(F)(F)CC4)c(F)c3)c2)C(=O)N1. The lowest BCUT2D eigenvalue weighted by Gasteiger charge is -2.31. The minimum absolute atomic E-state index is 0.189. The minimum atomic E-state index is -2.61. The number of hydrogen-bond donors (Lipinski definition) is 2. The average Bonchev–Trinajstić information content (AvgIpc) is 2.75. The van der Waals surface area contributed by atoms with E-state index in [4.69, 9.17) is 0 Å². The second-order valence-corrected chi connectivity index (χ2v) is 8.22. The molecule has 3 amide bonds. The number of carbonyl (C=O) groups excluding carboxylic acids is 2. The van der Waals surface area contributed by atoms with Crippen molar-refractivity contribution in [2.45, 2.75) is 38.3 Å². The third kappa shape index (κ3) is 5.40. The first kappa shape index (κ1) is 22.1. The normalized spacial score (nSPS) is 19.0. The molecular formula is C23H25F3N4O2. The van der Waals surface area contributed by atoms with E-state index in [0.29, 0.717) is 30.9 Å². The minimum Gasteiger partial charge on any atom is -0.381 e. The van der Waals surface area contributed by atoms with Gasteiger partial charge in [0.05, 0.1) is 0 Å². The van der Waals surface area contributed by atoms with Crippen molar-refractivity contribution >= 4 is 23.3 Å². The van der Waals surface area contributed by atoms with Crippen LogP contribution in [0.15, 0.2) is 42.5 Å². The summed E-state index contributed by atoms with van der Waals surface area (Å²) < 4.78 is 41.2. The Labute approximate surface area is 184 Å². The Morgan fingerprint density at radius 1 is 1.03 bits per heavy atom. The van der Waals surface area contributed by atoms with Gasteiger partial charge in [-0.15, -0.1) is 0 Å². The quantitative estimate of drug-likeness (QED) is 0.701. The molecule has 0 aliphatic carbocycles. The summed E-state index contributed by atoms with van der Waals surface area (Å²) in [6, 6.07) is 11.7. The summed E-state index contributed by atoms with van der Waals surface area (Å²) in [5, 5.41) is 5.51. The summed E-state index contributed by atoms with van der Waals surface area (Å²) in [5.41, 5.74) is 2.65. The molecule has 2 aliphatic heterocycles. The maximum Gasteiger partial charge on any atom is 0.328 e. The highest BCUT2D eigenvalue weighted by Crippen LogP contribution is 2.29. The fourth-order valence-electron chi connectivity index (χ4n) is 3.91. The lowest BCUT2D eigenvalue weighted by molar-refractivity contribution is -0.120. The van der Waals surface area contributed by atoms with Crippen molar-refractivity contribution in [3.8, 4) is 0 Å². The Kier molecular flexibility index (Phi) is 6.36. The van der Waals surface area contributed by atoms with Gasteiger partial charge in [-0.1, -0.05) is 18.2 Å². The van der Waals surface area contributed by atoms with Crippen molar-refractivity contribution in [3.05, 3.63) is 59.4 Å². The molecule has 2 saturated heterocycles. The Hall–Kier alpha value is -3.07. The highest BCUT2D eigenvalue weighted by Gasteiger charge is 2.34. The van der Waals surface area contributed by atoms with E-state index in [1.54, 1.807) is 24.3 Å². The molecule has 2 aromatic carbocycles. The second kappa shape index (κ2) is 9.20. The molecule has 0 spiro atoms. The van der Waals surface area contributed by atoms with Crippen molar-refractivity contribution < 1.29 is 22.8 Å². The maximum absolute atomic E-state index is 14.6. The smallest absolute Gasteiger partial charge is 0.328 e. The van der Waals surface area contributed by atoms with Crippen molar-refractivity contribution in [2.75, 3.05) is 29.9 Å². The van der Waals surface area contributed by atoms with E-state index >= 15 is 0 Å². The molecule has 0 aromatic heterocycles. The largest absolute Gasteiger partial charge is 0.381 e. The number of rotatable bonds is 6. The van der Waals surface area contributed by atoms with Crippen LogP contribution in [0.1, 0.15) is 30.4 Å². The van der Waals surface area contributed by atoms with Crippen LogP contribution in [-0.4, -0.2) is 42.4 Å². The fraction of sp³-hybridized carbons (Fsp3) is 0.391. The zero-order valence-electron chi connectivity index (χ0n) is 17.5. The van der Waals surface area contributed by atoms with Crippen LogP contribution in [0.4, 0.5) is 29.3 Å². The first-order chi connectivity index (χ1) is 15.3. The van der Waals surface area contributed by atoms with E-state index in [2.05, 4.69) is 10.6 Å². The molecule has 2 fully saturated rings. The fourth-order valence-corrected chi connectivity index (χ4v) is 3.91. The topological polar surface area (TPSA) is 64.7 Å². The predicted octanol–water partition coefficient (Wildman–Crippen LogP) is 4.12. The summed E-state index contributed by atoms with van der Waals surface area (Å²) >= 11 is 0. The highest BCUT2D eigenvalue weighted by atomic mass is 19.3. The number of piperidine rings is 1. The van der Waals surface area contributed by atoms with Crippen LogP contribution in [0.2, 0.25) is 0 Å². The van der Waals surface area contributed by atoms with Crippen molar-refractivity contribution in [2.24, 2.45) is 0 Å². The van der Waals surface area contributed by atoms with Gasteiger partial charge in [0.2, 0.25) is 5.91 Å². The zero-order chi connectivity index (χ0) is 22.7. The van der Waals surface area contributed by atoms with Gasteiger partial charge < -0.3 is 5.32 Å². The Morgan fingerprint density at radius 3 is 2.53 bits per heavy atom. The van der Waals surface area contributed by atoms with Gasteiger partial charge in [0.15, 0.2) is 0 Å². The lowest BCUT2D eigenvalue weighted by Crippen LogP contribution is -2.49. The number of nitrogens with one attached hydrogen (secondary N) is 2. The van der Waals surface area contributed by atoms with Crippen LogP contribution in [0.5, 0.6) is 0 Å². The summed E-state index contributed by atoms with van der Waals surface area (Å²) in [5.74, 6) is -3.26. The van der Waals surface area contributed by atoms with Gasteiger partial charge in [0.1, 0.15) is 5.82 Å². The van der Waals surface area contributed by atoms with E-state index in [1.165, 1.54) is 11.0 Å². The highest BCUT2D eigenvalue weighted by molar-refractivity contribution is 6.05. The summed E-state index contributed by atoms with van der Waals surface area (Å²) in [4.78, 5) is 26.7. The first-order valence-electron chi connectivity index (χ1n) is 10.6. The van der Waals surface area contributed by atoms with Gasteiger partial charge in [0, 0.05) is 68.9 Å². The molecule has 2 aromatic rings. The lowest BCUT2D eigenvalue weighted by atomic mass is 10.0. The van der Waals surface area contributed by atoms with Crippen molar-refractivity contribution in [3.63, 3.8) is 0 Å². The molecule has 0 unspecified atom stereocenters. The van der Waals surface area contributed by atoms with Crippen LogP contribution in [0.3, 0.4) is 0 Å². The van der Waals surface area contributed by atoms with E-state index in [1.807, 2.05) is 17.0 Å². The Bertz CT molecular complexity index is 1000. The van der Waals surface area contributed by atoms with Crippen LogP contribution in [0.25, 0.3) is 0 Å². The summed E-state index contributed by atoms with van der Waals surface area (Å²) in [6.07, 6.45) is -0.134. The molecule has 0 atom stereocenters. The van der Waals surface area contributed by atoms with Gasteiger partial charge in [-0.2, -0.15) is 0 Å². The molecule has 0 radical (unpaired) electrons. The van der Waals surface area contributed by atoms with Gasteiger partial charge >= 0.3 is 6.03 Å². The second-order valence-electron chi connectivity index (χ2n) is 8.22. The number of halogens is 3. The van der Waals surface area contributed by atoms with E-state index < -0.39 is 12.0 Å². The third-order valence-corrected chi connectivity index (χ3v) is 5.81. The van der Waals surface area contributed by atoms with Crippen LogP contribution in [-0.2, 0) is 17.9 Å². The van der Waals surface area contributed by atoms with E-state index in [-0.39, 0.29) is 44.1 Å².